The Bertz CT molecular complexity index is 606. The van der Waals surface area contributed by atoms with Crippen molar-refractivity contribution in [3.8, 4) is 0 Å². The molecule has 1 aromatic carbocycles. The molecule has 98 valence electrons. The van der Waals surface area contributed by atoms with E-state index in [1.807, 2.05) is 0 Å². The van der Waals surface area contributed by atoms with Crippen molar-refractivity contribution >= 4 is 39.2 Å². The summed E-state index contributed by atoms with van der Waals surface area (Å²) < 4.78 is 23.3. The molecule has 1 N–H and O–H groups in total. The molecule has 0 bridgehead atoms. The summed E-state index contributed by atoms with van der Waals surface area (Å²) in [5.41, 5.74) is -0.0628. The Morgan fingerprint density at radius 2 is 2.06 bits per heavy atom. The Morgan fingerprint density at radius 1 is 1.44 bits per heavy atom. The van der Waals surface area contributed by atoms with Crippen LogP contribution in [0, 0.1) is 0 Å². The van der Waals surface area contributed by atoms with Gasteiger partial charge in [0, 0.05) is 16.4 Å². The fourth-order valence-corrected chi connectivity index (χ4v) is 4.35. The van der Waals surface area contributed by atoms with Crippen LogP contribution in [0.5, 0.6) is 0 Å². The van der Waals surface area contributed by atoms with Crippen molar-refractivity contribution in [1.82, 2.24) is 0 Å². The Kier molecular flexibility index (Phi) is 3.62. The molecule has 1 aromatic rings. The zero-order valence-corrected chi connectivity index (χ0v) is 11.9. The molecule has 0 aliphatic heterocycles. The monoisotopic (exact) mass is 306 g/mol. The second-order valence-electron chi connectivity index (χ2n) is 4.15. The summed E-state index contributed by atoms with van der Waals surface area (Å²) >= 11 is 7.37. The molecule has 0 unspecified atom stereocenters. The largest absolute Gasteiger partial charge is 0.478 e. The van der Waals surface area contributed by atoms with Gasteiger partial charge in [0.15, 0.2) is 9.84 Å². The van der Waals surface area contributed by atoms with Gasteiger partial charge in [-0.15, -0.1) is 11.8 Å². The predicted molar refractivity (Wildman–Crippen MR) is 70.4 cm³/mol. The van der Waals surface area contributed by atoms with E-state index >= 15 is 0 Å². The van der Waals surface area contributed by atoms with Crippen molar-refractivity contribution in [2.45, 2.75) is 27.9 Å². The number of hydrogen-bond acceptors (Lipinski definition) is 4. The summed E-state index contributed by atoms with van der Waals surface area (Å²) in [6.45, 7) is 0. The zero-order valence-electron chi connectivity index (χ0n) is 9.51. The van der Waals surface area contributed by atoms with Crippen LogP contribution in [0.1, 0.15) is 23.2 Å². The summed E-state index contributed by atoms with van der Waals surface area (Å²) in [7, 11) is -3.41. The zero-order chi connectivity index (χ0) is 13.5. The quantitative estimate of drug-likeness (QED) is 0.926. The highest BCUT2D eigenvalue weighted by Crippen LogP contribution is 2.45. The molecule has 18 heavy (non-hydrogen) atoms. The number of halogens is 1. The van der Waals surface area contributed by atoms with E-state index in [0.29, 0.717) is 10.1 Å². The summed E-state index contributed by atoms with van der Waals surface area (Å²) in [5, 5.41) is 9.35. The highest BCUT2D eigenvalue weighted by Gasteiger charge is 2.29. The van der Waals surface area contributed by atoms with Crippen molar-refractivity contribution in [2.24, 2.45) is 0 Å². The third-order valence-corrected chi connectivity index (χ3v) is 5.74. The molecule has 2 rings (SSSR count). The van der Waals surface area contributed by atoms with Crippen molar-refractivity contribution < 1.29 is 18.3 Å². The van der Waals surface area contributed by atoms with Gasteiger partial charge >= 0.3 is 5.97 Å². The van der Waals surface area contributed by atoms with Gasteiger partial charge in [-0.3, -0.25) is 0 Å². The highest BCUT2D eigenvalue weighted by atomic mass is 35.5. The lowest BCUT2D eigenvalue weighted by atomic mass is 10.2. The fraction of sp³-hybridized carbons (Fsp3) is 0.364. The van der Waals surface area contributed by atoms with Gasteiger partial charge in [-0.25, -0.2) is 13.2 Å². The van der Waals surface area contributed by atoms with Crippen LogP contribution in [0.15, 0.2) is 21.9 Å². The molecule has 7 heteroatoms. The van der Waals surface area contributed by atoms with Crippen LogP contribution in [0.2, 0.25) is 5.02 Å². The smallest absolute Gasteiger partial charge is 0.337 e. The molecule has 0 atom stereocenters. The second-order valence-corrected chi connectivity index (χ2v) is 7.82. The molecule has 1 fully saturated rings. The van der Waals surface area contributed by atoms with Gasteiger partial charge in [0.2, 0.25) is 0 Å². The van der Waals surface area contributed by atoms with E-state index in [-0.39, 0.29) is 15.5 Å². The summed E-state index contributed by atoms with van der Waals surface area (Å²) in [5.74, 6) is -1.15. The SMILES string of the molecule is CS(=O)(=O)c1ccc(C(=O)O)c(Cl)c1SC1CC1. The molecule has 0 radical (unpaired) electrons. The third-order valence-electron chi connectivity index (χ3n) is 2.50. The maximum absolute atomic E-state index is 11.7. The number of carboxylic acids is 1. The van der Waals surface area contributed by atoms with E-state index in [2.05, 4.69) is 0 Å². The van der Waals surface area contributed by atoms with Crippen molar-refractivity contribution in [1.29, 1.82) is 0 Å². The third kappa shape index (κ3) is 2.81. The number of hydrogen-bond donors (Lipinski definition) is 1. The molecular weight excluding hydrogens is 296 g/mol. The lowest BCUT2D eigenvalue weighted by molar-refractivity contribution is 0.0696. The lowest BCUT2D eigenvalue weighted by Gasteiger charge is -2.11. The fourth-order valence-electron chi connectivity index (χ4n) is 1.46. The van der Waals surface area contributed by atoms with E-state index in [1.165, 1.54) is 23.9 Å². The first kappa shape index (κ1) is 13.7. The second kappa shape index (κ2) is 4.75. The van der Waals surface area contributed by atoms with Crippen LogP contribution < -0.4 is 0 Å². The van der Waals surface area contributed by atoms with Crippen LogP contribution in [-0.4, -0.2) is 31.0 Å². The van der Waals surface area contributed by atoms with Crippen molar-refractivity contribution in [3.63, 3.8) is 0 Å². The number of rotatable bonds is 4. The Hall–Kier alpha value is -0.720. The van der Waals surface area contributed by atoms with E-state index in [1.54, 1.807) is 0 Å². The van der Waals surface area contributed by atoms with Crippen molar-refractivity contribution in [3.05, 3.63) is 22.7 Å². The highest BCUT2D eigenvalue weighted by molar-refractivity contribution is 8.01. The first-order chi connectivity index (χ1) is 8.30. The standard InChI is InChI=1S/C11H11ClO4S2/c1-18(15,16)8-5-4-7(11(13)14)9(12)10(8)17-6-2-3-6/h4-6H,2-3H2,1H3,(H,13,14). The van der Waals surface area contributed by atoms with Gasteiger partial charge in [-0.2, -0.15) is 0 Å². The topological polar surface area (TPSA) is 71.4 Å². The van der Waals surface area contributed by atoms with Crippen LogP contribution in [-0.2, 0) is 9.84 Å². The molecule has 1 saturated carbocycles. The summed E-state index contributed by atoms with van der Waals surface area (Å²) in [6.07, 6.45) is 3.10. The summed E-state index contributed by atoms with van der Waals surface area (Å²) in [4.78, 5) is 11.5. The maximum Gasteiger partial charge on any atom is 0.337 e. The van der Waals surface area contributed by atoms with E-state index in [4.69, 9.17) is 16.7 Å². The van der Waals surface area contributed by atoms with Gasteiger partial charge in [-0.05, 0) is 25.0 Å². The molecule has 0 spiro atoms. The molecule has 0 aromatic heterocycles. The van der Waals surface area contributed by atoms with E-state index in [0.717, 1.165) is 19.1 Å². The minimum absolute atomic E-state index is 0.0160. The van der Waals surface area contributed by atoms with Crippen LogP contribution >= 0.6 is 23.4 Å². The average molecular weight is 307 g/mol. The lowest BCUT2D eigenvalue weighted by Crippen LogP contribution is -2.05. The molecule has 0 amide bonds. The minimum atomic E-state index is -3.41. The number of thioether (sulfide) groups is 1. The van der Waals surface area contributed by atoms with Crippen molar-refractivity contribution in [2.75, 3.05) is 6.26 Å². The van der Waals surface area contributed by atoms with Gasteiger partial charge in [0.1, 0.15) is 0 Å². The van der Waals surface area contributed by atoms with Crippen LogP contribution in [0.3, 0.4) is 0 Å². The molecular formula is C11H11ClO4S2. The number of sulfone groups is 1. The Labute approximate surface area is 114 Å². The van der Waals surface area contributed by atoms with E-state index in [9.17, 15) is 13.2 Å². The van der Waals surface area contributed by atoms with E-state index < -0.39 is 15.8 Å². The minimum Gasteiger partial charge on any atom is -0.478 e. The molecule has 0 saturated heterocycles. The normalized spacial score (nSPS) is 15.7. The summed E-state index contributed by atoms with van der Waals surface area (Å²) in [6, 6.07) is 2.55. The molecule has 1 aliphatic rings. The number of carboxylic acid groups (broad SMARTS) is 1. The molecule has 1 aliphatic carbocycles. The molecule has 4 nitrogen and oxygen atoms in total. The Morgan fingerprint density at radius 3 is 2.50 bits per heavy atom. The van der Waals surface area contributed by atoms with Gasteiger partial charge in [-0.1, -0.05) is 11.6 Å². The number of aromatic carboxylic acids is 1. The van der Waals surface area contributed by atoms with Crippen LogP contribution in [0.4, 0.5) is 0 Å². The first-order valence-corrected chi connectivity index (χ1v) is 8.38. The first-order valence-electron chi connectivity index (χ1n) is 5.23. The van der Waals surface area contributed by atoms with Gasteiger partial charge in [0.05, 0.1) is 15.5 Å². The predicted octanol–water partition coefficient (Wildman–Crippen LogP) is 2.70. The Balaban J connectivity index is 2.60. The maximum atomic E-state index is 11.7. The average Bonchev–Trinajstić information content (AvgIpc) is 3.02. The molecule has 0 heterocycles. The van der Waals surface area contributed by atoms with Gasteiger partial charge in [0.25, 0.3) is 0 Å². The van der Waals surface area contributed by atoms with Crippen LogP contribution in [0.25, 0.3) is 0 Å². The van der Waals surface area contributed by atoms with Gasteiger partial charge < -0.3 is 5.11 Å². The number of carbonyl (C=O) groups is 1. The number of benzene rings is 1.